The first kappa shape index (κ1) is 15.6. The van der Waals surface area contributed by atoms with Crippen molar-refractivity contribution in [2.45, 2.75) is 58.3 Å². The van der Waals surface area contributed by atoms with E-state index >= 15 is 0 Å². The van der Waals surface area contributed by atoms with E-state index in [2.05, 4.69) is 49.1 Å². The zero-order valence-electron chi connectivity index (χ0n) is 13.4. The van der Waals surface area contributed by atoms with Crippen LogP contribution in [-0.4, -0.2) is 24.5 Å². The molecule has 1 fully saturated rings. The summed E-state index contributed by atoms with van der Waals surface area (Å²) in [4.78, 5) is 2.57. The van der Waals surface area contributed by atoms with E-state index in [1.807, 2.05) is 0 Å². The molecule has 0 N–H and O–H groups in total. The van der Waals surface area contributed by atoms with Gasteiger partial charge in [0.25, 0.3) is 0 Å². The van der Waals surface area contributed by atoms with Crippen molar-refractivity contribution in [1.82, 2.24) is 4.90 Å². The van der Waals surface area contributed by atoms with Crippen molar-refractivity contribution in [3.05, 3.63) is 35.9 Å². The minimum absolute atomic E-state index is 0.775. The van der Waals surface area contributed by atoms with Gasteiger partial charge in [-0.25, -0.2) is 0 Å². The Balaban J connectivity index is 2.03. The molecule has 2 rings (SSSR count). The molecule has 0 aromatic heterocycles. The van der Waals surface area contributed by atoms with Crippen LogP contribution in [-0.2, 0) is 0 Å². The molecule has 0 amide bonds. The molecule has 0 saturated heterocycles. The lowest BCUT2D eigenvalue weighted by Crippen LogP contribution is -2.27. The van der Waals surface area contributed by atoms with Gasteiger partial charge in [-0.2, -0.15) is 0 Å². The Kier molecular flexibility index (Phi) is 6.59. The molecular weight excluding hydrogens is 242 g/mol. The van der Waals surface area contributed by atoms with Crippen LogP contribution in [0.1, 0.15) is 63.9 Å². The molecule has 0 radical (unpaired) electrons. The molecule has 1 nitrogen and oxygen atoms in total. The molecule has 112 valence electrons. The molecule has 1 saturated carbocycles. The van der Waals surface area contributed by atoms with Gasteiger partial charge in [0, 0.05) is 0 Å². The van der Waals surface area contributed by atoms with Crippen molar-refractivity contribution in [1.29, 1.82) is 0 Å². The smallest absolute Gasteiger partial charge is 0.00130 e. The molecule has 20 heavy (non-hydrogen) atoms. The van der Waals surface area contributed by atoms with Gasteiger partial charge >= 0.3 is 0 Å². The third kappa shape index (κ3) is 4.34. The highest BCUT2D eigenvalue weighted by atomic mass is 15.1. The summed E-state index contributed by atoms with van der Waals surface area (Å²) in [6.07, 6.45) is 8.55. The van der Waals surface area contributed by atoms with Gasteiger partial charge in [-0.3, -0.25) is 0 Å². The molecule has 0 aliphatic heterocycles. The van der Waals surface area contributed by atoms with Crippen molar-refractivity contribution in [2.24, 2.45) is 5.92 Å². The van der Waals surface area contributed by atoms with Crippen LogP contribution in [0.5, 0.6) is 0 Å². The largest absolute Gasteiger partial charge is 0.304 e. The molecule has 1 aliphatic rings. The second-order valence-electron chi connectivity index (χ2n) is 6.23. The van der Waals surface area contributed by atoms with E-state index in [-0.39, 0.29) is 0 Å². The normalized spacial score (nSPS) is 18.4. The Morgan fingerprint density at radius 1 is 1.00 bits per heavy atom. The highest BCUT2D eigenvalue weighted by Crippen LogP contribution is 2.38. The van der Waals surface area contributed by atoms with Gasteiger partial charge in [0.15, 0.2) is 0 Å². The van der Waals surface area contributed by atoms with Crippen LogP contribution in [0.3, 0.4) is 0 Å². The Bertz CT molecular complexity index is 349. The minimum atomic E-state index is 0.775. The topological polar surface area (TPSA) is 3.24 Å². The predicted octanol–water partition coefficient (Wildman–Crippen LogP) is 5.08. The summed E-state index contributed by atoms with van der Waals surface area (Å²) in [5.41, 5.74) is 1.58. The molecule has 1 atom stereocenters. The van der Waals surface area contributed by atoms with Crippen molar-refractivity contribution < 1.29 is 0 Å². The fourth-order valence-corrected chi connectivity index (χ4v) is 3.77. The third-order valence-corrected chi connectivity index (χ3v) is 5.10. The third-order valence-electron chi connectivity index (χ3n) is 5.10. The number of hydrogen-bond donors (Lipinski definition) is 0. The SMILES string of the molecule is CCN(CC)CC[C@H](c1ccccc1)C1CCCCC1. The maximum Gasteiger partial charge on any atom is -0.00130 e. The number of hydrogen-bond acceptors (Lipinski definition) is 1. The summed E-state index contributed by atoms with van der Waals surface area (Å²) in [6, 6.07) is 11.3. The van der Waals surface area contributed by atoms with Crippen molar-refractivity contribution in [2.75, 3.05) is 19.6 Å². The average Bonchev–Trinajstić information content (AvgIpc) is 2.53. The van der Waals surface area contributed by atoms with Crippen LogP contribution >= 0.6 is 0 Å². The van der Waals surface area contributed by atoms with Crippen molar-refractivity contribution in [3.63, 3.8) is 0 Å². The number of nitrogens with zero attached hydrogens (tertiary/aromatic N) is 1. The van der Waals surface area contributed by atoms with Crippen LogP contribution in [0.15, 0.2) is 30.3 Å². The first-order chi connectivity index (χ1) is 9.85. The summed E-state index contributed by atoms with van der Waals surface area (Å²) >= 11 is 0. The van der Waals surface area contributed by atoms with Crippen LogP contribution in [0.4, 0.5) is 0 Å². The van der Waals surface area contributed by atoms with Gasteiger partial charge in [0.1, 0.15) is 0 Å². The van der Waals surface area contributed by atoms with Crippen LogP contribution in [0.25, 0.3) is 0 Å². The molecule has 0 unspecified atom stereocenters. The van der Waals surface area contributed by atoms with Gasteiger partial charge in [0.05, 0.1) is 0 Å². The van der Waals surface area contributed by atoms with Gasteiger partial charge in [-0.05, 0) is 56.3 Å². The molecule has 1 aromatic rings. The molecular formula is C19H31N. The average molecular weight is 273 g/mol. The quantitative estimate of drug-likeness (QED) is 0.669. The molecule has 1 aromatic carbocycles. The summed E-state index contributed by atoms with van der Waals surface area (Å²) in [5.74, 6) is 1.69. The Morgan fingerprint density at radius 3 is 2.25 bits per heavy atom. The summed E-state index contributed by atoms with van der Waals surface area (Å²) < 4.78 is 0. The van der Waals surface area contributed by atoms with Crippen LogP contribution in [0, 0.1) is 5.92 Å². The number of benzene rings is 1. The van der Waals surface area contributed by atoms with Gasteiger partial charge in [-0.15, -0.1) is 0 Å². The zero-order chi connectivity index (χ0) is 14.2. The van der Waals surface area contributed by atoms with Crippen LogP contribution < -0.4 is 0 Å². The summed E-state index contributed by atoms with van der Waals surface area (Å²) in [6.45, 7) is 8.18. The summed E-state index contributed by atoms with van der Waals surface area (Å²) in [7, 11) is 0. The Labute approximate surface area is 125 Å². The van der Waals surface area contributed by atoms with Crippen molar-refractivity contribution in [3.8, 4) is 0 Å². The fourth-order valence-electron chi connectivity index (χ4n) is 3.77. The van der Waals surface area contributed by atoms with Gasteiger partial charge in [0.2, 0.25) is 0 Å². The lowest BCUT2D eigenvalue weighted by atomic mass is 9.75. The molecule has 1 aliphatic carbocycles. The monoisotopic (exact) mass is 273 g/mol. The molecule has 0 heterocycles. The lowest BCUT2D eigenvalue weighted by Gasteiger charge is -2.32. The van der Waals surface area contributed by atoms with Crippen molar-refractivity contribution >= 4 is 0 Å². The first-order valence-corrected chi connectivity index (χ1v) is 8.62. The van der Waals surface area contributed by atoms with E-state index in [1.165, 1.54) is 58.2 Å². The van der Waals surface area contributed by atoms with E-state index in [4.69, 9.17) is 0 Å². The van der Waals surface area contributed by atoms with E-state index in [0.717, 1.165) is 11.8 Å². The Hall–Kier alpha value is -0.820. The van der Waals surface area contributed by atoms with Gasteiger partial charge < -0.3 is 4.90 Å². The standard InChI is InChI=1S/C19H31N/c1-3-20(4-2)16-15-19(17-11-7-5-8-12-17)18-13-9-6-10-14-18/h5,7-8,11-12,18-19H,3-4,6,9-10,13-16H2,1-2H3/t19-/m1/s1. The van der Waals surface area contributed by atoms with E-state index in [0.29, 0.717) is 0 Å². The zero-order valence-corrected chi connectivity index (χ0v) is 13.4. The highest BCUT2D eigenvalue weighted by Gasteiger charge is 2.25. The first-order valence-electron chi connectivity index (χ1n) is 8.62. The Morgan fingerprint density at radius 2 is 1.65 bits per heavy atom. The summed E-state index contributed by atoms with van der Waals surface area (Å²) in [5, 5.41) is 0. The minimum Gasteiger partial charge on any atom is -0.304 e. The van der Waals surface area contributed by atoms with E-state index in [9.17, 15) is 0 Å². The van der Waals surface area contributed by atoms with E-state index in [1.54, 1.807) is 5.56 Å². The maximum atomic E-state index is 2.57. The molecule has 0 bridgehead atoms. The highest BCUT2D eigenvalue weighted by molar-refractivity contribution is 5.20. The maximum absolute atomic E-state index is 2.57. The lowest BCUT2D eigenvalue weighted by molar-refractivity contribution is 0.244. The second-order valence-corrected chi connectivity index (χ2v) is 6.23. The number of rotatable bonds is 7. The molecule has 1 heteroatoms. The van der Waals surface area contributed by atoms with Crippen LogP contribution in [0.2, 0.25) is 0 Å². The van der Waals surface area contributed by atoms with E-state index < -0.39 is 0 Å². The fraction of sp³-hybridized carbons (Fsp3) is 0.684. The van der Waals surface area contributed by atoms with Gasteiger partial charge in [-0.1, -0.05) is 63.4 Å². The predicted molar refractivity (Wildman–Crippen MR) is 88.2 cm³/mol. The molecule has 0 spiro atoms. The second kappa shape index (κ2) is 8.46.